The number of nitro groups is 1. The number of benzene rings is 3. The molecule has 4 rings (SSSR count). The SMILES string of the molecule is O=C1C(=Cc2ccccc2OCc2ccc([N+](=O)[O-])cc2)SC(=S)N1c1ccc(Br)c(Cl)c1. The van der Waals surface area contributed by atoms with E-state index in [1.165, 1.54) is 28.8 Å². The smallest absolute Gasteiger partial charge is 0.270 e. The van der Waals surface area contributed by atoms with Gasteiger partial charge in [0.25, 0.3) is 11.6 Å². The zero-order chi connectivity index (χ0) is 23.5. The quantitative estimate of drug-likeness (QED) is 0.140. The van der Waals surface area contributed by atoms with E-state index >= 15 is 0 Å². The highest BCUT2D eigenvalue weighted by Crippen LogP contribution is 2.38. The van der Waals surface area contributed by atoms with Gasteiger partial charge in [-0.25, -0.2) is 0 Å². The number of nitro benzene ring substituents is 1. The highest BCUT2D eigenvalue weighted by atomic mass is 79.9. The third-order valence-electron chi connectivity index (χ3n) is 4.70. The van der Waals surface area contributed by atoms with Gasteiger partial charge in [0.2, 0.25) is 0 Å². The van der Waals surface area contributed by atoms with Crippen molar-refractivity contribution in [2.75, 3.05) is 4.90 Å². The average Bonchev–Trinajstić information content (AvgIpc) is 3.08. The van der Waals surface area contributed by atoms with Crippen LogP contribution in [0, 0.1) is 10.1 Å². The molecule has 1 aliphatic rings. The normalized spacial score (nSPS) is 14.7. The first-order valence-electron chi connectivity index (χ1n) is 9.51. The third-order valence-corrected chi connectivity index (χ3v) is 7.24. The second-order valence-electron chi connectivity index (χ2n) is 6.87. The van der Waals surface area contributed by atoms with Gasteiger partial charge in [-0.05, 0) is 64.0 Å². The number of non-ortho nitro benzene ring substituents is 1. The van der Waals surface area contributed by atoms with Crippen LogP contribution in [0.3, 0.4) is 0 Å². The monoisotopic (exact) mass is 560 g/mol. The van der Waals surface area contributed by atoms with Crippen LogP contribution >= 0.6 is 51.5 Å². The summed E-state index contributed by atoms with van der Waals surface area (Å²) in [5.41, 5.74) is 2.12. The topological polar surface area (TPSA) is 72.7 Å². The van der Waals surface area contributed by atoms with Gasteiger partial charge in [0.05, 0.1) is 20.5 Å². The van der Waals surface area contributed by atoms with Crippen molar-refractivity contribution < 1.29 is 14.5 Å². The van der Waals surface area contributed by atoms with E-state index in [0.717, 1.165) is 10.0 Å². The van der Waals surface area contributed by atoms with Crippen LogP contribution in [0.2, 0.25) is 5.02 Å². The van der Waals surface area contributed by atoms with Crippen LogP contribution in [0.1, 0.15) is 11.1 Å². The van der Waals surface area contributed by atoms with Gasteiger partial charge >= 0.3 is 0 Å². The zero-order valence-corrected chi connectivity index (χ0v) is 20.7. The van der Waals surface area contributed by atoms with Crippen molar-refractivity contribution in [3.63, 3.8) is 0 Å². The van der Waals surface area contributed by atoms with E-state index in [-0.39, 0.29) is 18.2 Å². The van der Waals surface area contributed by atoms with Crippen molar-refractivity contribution in [1.29, 1.82) is 0 Å². The Morgan fingerprint density at radius 1 is 1.15 bits per heavy atom. The molecule has 166 valence electrons. The number of para-hydroxylation sites is 1. The first kappa shape index (κ1) is 23.4. The Hall–Kier alpha value is -2.72. The Labute approximate surface area is 212 Å². The molecule has 1 aliphatic heterocycles. The molecular formula is C23H14BrClN2O4S2. The molecule has 33 heavy (non-hydrogen) atoms. The van der Waals surface area contributed by atoms with Crippen molar-refractivity contribution in [2.45, 2.75) is 6.61 Å². The molecule has 0 saturated carbocycles. The van der Waals surface area contributed by atoms with Crippen LogP contribution in [0.4, 0.5) is 11.4 Å². The van der Waals surface area contributed by atoms with E-state index in [2.05, 4.69) is 15.9 Å². The molecule has 3 aromatic carbocycles. The maximum Gasteiger partial charge on any atom is 0.270 e. The second-order valence-corrected chi connectivity index (χ2v) is 9.80. The molecule has 1 fully saturated rings. The molecule has 0 atom stereocenters. The highest BCUT2D eigenvalue weighted by Gasteiger charge is 2.33. The molecule has 0 spiro atoms. The molecule has 1 saturated heterocycles. The minimum absolute atomic E-state index is 0.0215. The Balaban J connectivity index is 1.54. The largest absolute Gasteiger partial charge is 0.488 e. The number of thiocarbonyl (C=S) groups is 1. The Kier molecular flexibility index (Phi) is 7.14. The van der Waals surface area contributed by atoms with Gasteiger partial charge < -0.3 is 4.74 Å². The lowest BCUT2D eigenvalue weighted by atomic mass is 10.1. The molecule has 0 bridgehead atoms. The molecule has 0 aromatic heterocycles. The number of nitrogens with zero attached hydrogens (tertiary/aromatic N) is 2. The summed E-state index contributed by atoms with van der Waals surface area (Å²) < 4.78 is 7.07. The highest BCUT2D eigenvalue weighted by molar-refractivity contribution is 9.10. The molecule has 1 amide bonds. The fourth-order valence-electron chi connectivity index (χ4n) is 3.06. The Morgan fingerprint density at radius 2 is 1.88 bits per heavy atom. The molecule has 0 radical (unpaired) electrons. The van der Waals surface area contributed by atoms with E-state index in [4.69, 9.17) is 28.6 Å². The number of thioether (sulfide) groups is 1. The van der Waals surface area contributed by atoms with Gasteiger partial charge in [-0.15, -0.1) is 0 Å². The van der Waals surface area contributed by atoms with Crippen LogP contribution in [0.25, 0.3) is 6.08 Å². The molecule has 0 unspecified atom stereocenters. The second kappa shape index (κ2) is 10.0. The lowest BCUT2D eigenvalue weighted by Gasteiger charge is -2.15. The van der Waals surface area contributed by atoms with Crippen LogP contribution < -0.4 is 9.64 Å². The lowest BCUT2D eigenvalue weighted by molar-refractivity contribution is -0.384. The third kappa shape index (κ3) is 5.27. The number of ether oxygens (including phenoxy) is 1. The van der Waals surface area contributed by atoms with Crippen LogP contribution in [-0.4, -0.2) is 15.2 Å². The Morgan fingerprint density at radius 3 is 2.58 bits per heavy atom. The van der Waals surface area contributed by atoms with E-state index < -0.39 is 4.92 Å². The summed E-state index contributed by atoms with van der Waals surface area (Å²) in [6.45, 7) is 0.223. The van der Waals surface area contributed by atoms with Gasteiger partial charge in [-0.3, -0.25) is 19.8 Å². The first-order chi connectivity index (χ1) is 15.8. The Bertz CT molecular complexity index is 1300. The van der Waals surface area contributed by atoms with Gasteiger partial charge in [0, 0.05) is 22.2 Å². The standard InChI is InChI=1S/C23H14BrClN2O4S2/c24-18-10-9-17(12-19(18)25)26-22(28)21(33-23(26)32)11-15-3-1-2-4-20(15)31-13-14-5-7-16(8-6-14)27(29)30/h1-12H,13H2. The van der Waals surface area contributed by atoms with Crippen molar-refractivity contribution in [3.05, 3.63) is 102 Å². The number of halogens is 2. The van der Waals surface area contributed by atoms with Crippen molar-refractivity contribution in [2.24, 2.45) is 0 Å². The molecule has 1 heterocycles. The van der Waals surface area contributed by atoms with Crippen LogP contribution in [0.5, 0.6) is 5.75 Å². The predicted octanol–water partition coefficient (Wildman–Crippen LogP) is 7.00. The summed E-state index contributed by atoms with van der Waals surface area (Å²) in [4.78, 5) is 25.4. The number of amides is 1. The van der Waals surface area contributed by atoms with E-state index in [1.54, 1.807) is 42.5 Å². The van der Waals surface area contributed by atoms with Crippen LogP contribution in [-0.2, 0) is 11.4 Å². The number of carbonyl (C=O) groups excluding carboxylic acids is 1. The molecule has 10 heteroatoms. The minimum Gasteiger partial charge on any atom is -0.488 e. The molecule has 3 aromatic rings. The van der Waals surface area contributed by atoms with Crippen molar-refractivity contribution in [1.82, 2.24) is 0 Å². The van der Waals surface area contributed by atoms with Crippen LogP contribution in [0.15, 0.2) is 76.1 Å². The number of rotatable bonds is 6. The molecule has 0 aliphatic carbocycles. The summed E-state index contributed by atoms with van der Waals surface area (Å²) in [6.07, 6.45) is 1.74. The maximum atomic E-state index is 13.1. The summed E-state index contributed by atoms with van der Waals surface area (Å²) in [7, 11) is 0. The lowest BCUT2D eigenvalue weighted by Crippen LogP contribution is -2.27. The number of anilines is 1. The summed E-state index contributed by atoms with van der Waals surface area (Å²) >= 11 is 16.2. The fourth-order valence-corrected chi connectivity index (χ4v) is 4.77. The van der Waals surface area contributed by atoms with Gasteiger partial charge in [0.15, 0.2) is 4.32 Å². The van der Waals surface area contributed by atoms with Gasteiger partial charge in [0.1, 0.15) is 12.4 Å². The number of carbonyl (C=O) groups is 1. The number of hydrogen-bond donors (Lipinski definition) is 0. The van der Waals surface area contributed by atoms with Gasteiger partial charge in [-0.1, -0.05) is 53.8 Å². The maximum absolute atomic E-state index is 13.1. The minimum atomic E-state index is -0.446. The predicted molar refractivity (Wildman–Crippen MR) is 139 cm³/mol. The fraction of sp³-hybridized carbons (Fsp3) is 0.0435. The van der Waals surface area contributed by atoms with E-state index in [0.29, 0.717) is 31.2 Å². The van der Waals surface area contributed by atoms with Gasteiger partial charge in [-0.2, -0.15) is 0 Å². The van der Waals surface area contributed by atoms with Crippen molar-refractivity contribution in [3.8, 4) is 5.75 Å². The molecular weight excluding hydrogens is 548 g/mol. The summed E-state index contributed by atoms with van der Waals surface area (Å²) in [5.74, 6) is 0.335. The zero-order valence-electron chi connectivity index (χ0n) is 16.7. The average molecular weight is 562 g/mol. The van der Waals surface area contributed by atoms with E-state index in [9.17, 15) is 14.9 Å². The van der Waals surface area contributed by atoms with Crippen molar-refractivity contribution >= 4 is 79.2 Å². The molecule has 6 nitrogen and oxygen atoms in total. The summed E-state index contributed by atoms with van der Waals surface area (Å²) in [5, 5.41) is 11.3. The molecule has 0 N–H and O–H groups in total. The summed E-state index contributed by atoms with van der Waals surface area (Å²) in [6, 6.07) is 18.7. The number of hydrogen-bond acceptors (Lipinski definition) is 6. The van der Waals surface area contributed by atoms with E-state index in [1.807, 2.05) is 18.2 Å². The first-order valence-corrected chi connectivity index (χ1v) is 11.9.